The number of carbonyl (C=O) groups is 1. The lowest BCUT2D eigenvalue weighted by Gasteiger charge is -2.34. The second-order valence-corrected chi connectivity index (χ2v) is 8.08. The van der Waals surface area contributed by atoms with Gasteiger partial charge < -0.3 is 29.9 Å². The molecule has 1 atom stereocenters. The van der Waals surface area contributed by atoms with Gasteiger partial charge in [0, 0.05) is 36.3 Å². The predicted molar refractivity (Wildman–Crippen MR) is 122 cm³/mol. The molecule has 0 saturated carbocycles. The molecule has 0 unspecified atom stereocenters. The van der Waals surface area contributed by atoms with Crippen LogP contribution in [0.3, 0.4) is 0 Å². The fourth-order valence-corrected chi connectivity index (χ4v) is 4.35. The number of aromatic nitrogens is 3. The van der Waals surface area contributed by atoms with Crippen molar-refractivity contribution in [3.8, 4) is 11.5 Å². The Kier molecular flexibility index (Phi) is 7.07. The lowest BCUT2D eigenvalue weighted by atomic mass is 9.87. The highest BCUT2D eigenvalue weighted by Crippen LogP contribution is 2.44. The SMILES string of the molecule is COc1ccc(NC(=O)c2cc3ncccn3n2)c(C2CCN(C[C@@H](O)CO)CC2)c1OC. The largest absolute Gasteiger partial charge is 0.493 e. The number of likely N-dealkylation sites (tertiary alicyclic amines) is 1. The van der Waals surface area contributed by atoms with Gasteiger partial charge in [-0.1, -0.05) is 0 Å². The maximum Gasteiger partial charge on any atom is 0.276 e. The number of ether oxygens (including phenoxy) is 2. The summed E-state index contributed by atoms with van der Waals surface area (Å²) in [6, 6.07) is 6.99. The molecule has 3 N–H and O–H groups in total. The Labute approximate surface area is 191 Å². The van der Waals surface area contributed by atoms with Crippen LogP contribution in [0.1, 0.15) is 34.8 Å². The minimum absolute atomic E-state index is 0.121. The summed E-state index contributed by atoms with van der Waals surface area (Å²) in [5, 5.41) is 26.2. The molecule has 176 valence electrons. The molecule has 33 heavy (non-hydrogen) atoms. The van der Waals surface area contributed by atoms with Crippen molar-refractivity contribution in [3.05, 3.63) is 47.9 Å². The van der Waals surface area contributed by atoms with Crippen LogP contribution in [0.25, 0.3) is 5.65 Å². The molecule has 1 saturated heterocycles. The second kappa shape index (κ2) is 10.2. The van der Waals surface area contributed by atoms with Crippen LogP contribution in [0.5, 0.6) is 11.5 Å². The lowest BCUT2D eigenvalue weighted by molar-refractivity contribution is 0.0512. The molecule has 1 amide bonds. The molecule has 10 nitrogen and oxygen atoms in total. The normalized spacial score (nSPS) is 16.0. The Hall–Kier alpha value is -3.21. The maximum atomic E-state index is 13.0. The standard InChI is InChI=1S/C23H29N5O5/c1-32-19-5-4-17(25-23(31)18-12-20-24-8-3-9-28(20)26-18)21(22(19)33-2)15-6-10-27(11-7-15)13-16(30)14-29/h3-5,8-9,12,15-16,29-30H,6-7,10-11,13-14H2,1-2H3,(H,25,31)/t16-/m1/s1. The van der Waals surface area contributed by atoms with Crippen LogP contribution in [0.2, 0.25) is 0 Å². The van der Waals surface area contributed by atoms with E-state index in [0.717, 1.165) is 31.5 Å². The summed E-state index contributed by atoms with van der Waals surface area (Å²) < 4.78 is 12.8. The third-order valence-corrected chi connectivity index (χ3v) is 5.98. The summed E-state index contributed by atoms with van der Waals surface area (Å²) in [5.74, 6) is 0.981. The molecule has 0 spiro atoms. The summed E-state index contributed by atoms with van der Waals surface area (Å²) in [4.78, 5) is 19.4. The fourth-order valence-electron chi connectivity index (χ4n) is 4.35. The number of carbonyl (C=O) groups excluding carboxylic acids is 1. The van der Waals surface area contributed by atoms with E-state index in [4.69, 9.17) is 14.6 Å². The average Bonchev–Trinajstić information content (AvgIpc) is 3.29. The van der Waals surface area contributed by atoms with Crippen LogP contribution in [-0.2, 0) is 0 Å². The zero-order chi connectivity index (χ0) is 23.4. The number of benzene rings is 1. The molecule has 0 radical (unpaired) electrons. The van der Waals surface area contributed by atoms with E-state index in [1.807, 2.05) is 6.07 Å². The van der Waals surface area contributed by atoms with Gasteiger partial charge in [-0.25, -0.2) is 9.50 Å². The Morgan fingerprint density at radius 3 is 2.73 bits per heavy atom. The van der Waals surface area contributed by atoms with E-state index >= 15 is 0 Å². The first-order valence-electron chi connectivity index (χ1n) is 10.9. The molecule has 1 aliphatic heterocycles. The highest BCUT2D eigenvalue weighted by Gasteiger charge is 2.29. The number of rotatable bonds is 8. The molecule has 4 rings (SSSR count). The summed E-state index contributed by atoms with van der Waals surface area (Å²) in [5.41, 5.74) is 2.39. The first kappa shape index (κ1) is 23.0. The van der Waals surface area contributed by atoms with E-state index in [2.05, 4.69) is 20.3 Å². The van der Waals surface area contributed by atoms with Gasteiger partial charge in [-0.3, -0.25) is 4.79 Å². The minimum atomic E-state index is -0.748. The van der Waals surface area contributed by atoms with Gasteiger partial charge in [0.15, 0.2) is 22.8 Å². The zero-order valence-corrected chi connectivity index (χ0v) is 18.8. The summed E-state index contributed by atoms with van der Waals surface area (Å²) in [6.07, 6.45) is 4.26. The minimum Gasteiger partial charge on any atom is -0.493 e. The number of methoxy groups -OCH3 is 2. The van der Waals surface area contributed by atoms with E-state index in [1.54, 1.807) is 49.3 Å². The van der Waals surface area contributed by atoms with Crippen molar-refractivity contribution in [2.24, 2.45) is 0 Å². The smallest absolute Gasteiger partial charge is 0.276 e. The average molecular weight is 456 g/mol. The van der Waals surface area contributed by atoms with Crippen LogP contribution in [0.4, 0.5) is 5.69 Å². The number of anilines is 1. The van der Waals surface area contributed by atoms with Gasteiger partial charge in [0.05, 0.1) is 26.9 Å². The number of amides is 1. The number of piperidine rings is 1. The van der Waals surface area contributed by atoms with Crippen molar-refractivity contribution in [2.75, 3.05) is 45.8 Å². The van der Waals surface area contributed by atoms with Crippen LogP contribution in [0.15, 0.2) is 36.7 Å². The van der Waals surface area contributed by atoms with Crippen LogP contribution in [-0.4, -0.2) is 82.2 Å². The molecule has 3 aromatic rings. The van der Waals surface area contributed by atoms with Crippen molar-refractivity contribution in [3.63, 3.8) is 0 Å². The topological polar surface area (TPSA) is 121 Å². The van der Waals surface area contributed by atoms with E-state index in [0.29, 0.717) is 29.4 Å². The summed E-state index contributed by atoms with van der Waals surface area (Å²) >= 11 is 0. The molecule has 3 heterocycles. The molecule has 0 aliphatic carbocycles. The second-order valence-electron chi connectivity index (χ2n) is 8.08. The monoisotopic (exact) mass is 455 g/mol. The molecular weight excluding hydrogens is 426 g/mol. The summed E-state index contributed by atoms with van der Waals surface area (Å²) in [7, 11) is 3.18. The van der Waals surface area contributed by atoms with Crippen molar-refractivity contribution in [2.45, 2.75) is 24.9 Å². The predicted octanol–water partition coefficient (Wildman–Crippen LogP) is 1.53. The Morgan fingerprint density at radius 2 is 2.06 bits per heavy atom. The van der Waals surface area contributed by atoms with Gasteiger partial charge in [0.1, 0.15) is 0 Å². The van der Waals surface area contributed by atoms with Gasteiger partial charge >= 0.3 is 0 Å². The van der Waals surface area contributed by atoms with E-state index in [9.17, 15) is 9.90 Å². The molecule has 10 heteroatoms. The van der Waals surface area contributed by atoms with Crippen LogP contribution >= 0.6 is 0 Å². The number of fused-ring (bicyclic) bond motifs is 1. The third-order valence-electron chi connectivity index (χ3n) is 5.98. The molecule has 1 fully saturated rings. The lowest BCUT2D eigenvalue weighted by Crippen LogP contribution is -2.39. The number of nitrogens with one attached hydrogen (secondary N) is 1. The molecule has 0 bridgehead atoms. The first-order valence-corrected chi connectivity index (χ1v) is 10.9. The van der Waals surface area contributed by atoms with Crippen molar-refractivity contribution >= 4 is 17.2 Å². The quantitative estimate of drug-likeness (QED) is 0.468. The van der Waals surface area contributed by atoms with E-state index < -0.39 is 6.10 Å². The number of hydrogen-bond acceptors (Lipinski definition) is 8. The number of β-amino-alcohol motifs (C(OH)–C–C–N with tert-alkyl or cyclic N) is 1. The number of hydrogen-bond donors (Lipinski definition) is 3. The maximum absolute atomic E-state index is 13.0. The van der Waals surface area contributed by atoms with E-state index in [-0.39, 0.29) is 24.1 Å². The summed E-state index contributed by atoms with van der Waals surface area (Å²) in [6.45, 7) is 1.70. The van der Waals surface area contributed by atoms with Crippen LogP contribution < -0.4 is 14.8 Å². The molecule has 1 aromatic carbocycles. The Morgan fingerprint density at radius 1 is 1.27 bits per heavy atom. The van der Waals surface area contributed by atoms with Crippen molar-refractivity contribution in [1.82, 2.24) is 19.5 Å². The first-order chi connectivity index (χ1) is 16.0. The van der Waals surface area contributed by atoms with Crippen molar-refractivity contribution < 1.29 is 24.5 Å². The number of nitrogens with zero attached hydrogens (tertiary/aromatic N) is 4. The van der Waals surface area contributed by atoms with Gasteiger partial charge in [-0.2, -0.15) is 5.10 Å². The highest BCUT2D eigenvalue weighted by atomic mass is 16.5. The van der Waals surface area contributed by atoms with Gasteiger partial charge in [0.25, 0.3) is 5.91 Å². The molecule has 1 aliphatic rings. The number of aliphatic hydroxyl groups is 2. The number of aliphatic hydroxyl groups excluding tert-OH is 2. The Balaban J connectivity index is 1.60. The third kappa shape index (κ3) is 4.92. The van der Waals surface area contributed by atoms with Crippen LogP contribution in [0, 0.1) is 0 Å². The zero-order valence-electron chi connectivity index (χ0n) is 18.8. The van der Waals surface area contributed by atoms with Gasteiger partial charge in [-0.05, 0) is 50.0 Å². The fraction of sp³-hybridized carbons (Fsp3) is 0.435. The molecule has 2 aromatic heterocycles. The van der Waals surface area contributed by atoms with E-state index in [1.165, 1.54) is 0 Å². The highest BCUT2D eigenvalue weighted by molar-refractivity contribution is 6.04. The Bertz CT molecular complexity index is 1080. The molecular formula is C23H29N5O5. The van der Waals surface area contributed by atoms with Crippen molar-refractivity contribution in [1.29, 1.82) is 0 Å². The van der Waals surface area contributed by atoms with Gasteiger partial charge in [0.2, 0.25) is 0 Å². The van der Waals surface area contributed by atoms with Gasteiger partial charge in [-0.15, -0.1) is 0 Å².